The van der Waals surface area contributed by atoms with Crippen LogP contribution in [0.4, 0.5) is 0 Å². The number of rotatable bonds is 7. The number of nitrogens with zero attached hydrogens (tertiary/aromatic N) is 1. The van der Waals surface area contributed by atoms with E-state index in [9.17, 15) is 0 Å². The van der Waals surface area contributed by atoms with Crippen LogP contribution in [0.5, 0.6) is 0 Å². The largest absolute Gasteiger partial charge is 0.370 e. The fraction of sp³-hybridized carbons (Fsp3) is 0.778. The predicted octanol–water partition coefficient (Wildman–Crippen LogP) is 3.90. The zero-order valence-electron chi connectivity index (χ0n) is 13.8. The first-order chi connectivity index (χ1) is 10.1. The zero-order chi connectivity index (χ0) is 14.9. The molecule has 0 bridgehead atoms. The highest BCUT2D eigenvalue weighted by atomic mass is 16.5. The van der Waals surface area contributed by atoms with E-state index in [1.165, 1.54) is 37.7 Å². The maximum Gasteiger partial charge on any atom is 0.0762 e. The summed E-state index contributed by atoms with van der Waals surface area (Å²) < 4.78 is 8.43. The summed E-state index contributed by atoms with van der Waals surface area (Å²) in [5.74, 6) is 0.856. The summed E-state index contributed by atoms with van der Waals surface area (Å²) in [4.78, 5) is 0. The summed E-state index contributed by atoms with van der Waals surface area (Å²) in [6.45, 7) is 8.75. The zero-order valence-corrected chi connectivity index (χ0v) is 13.8. The highest BCUT2D eigenvalue weighted by Crippen LogP contribution is 2.41. The Bertz CT molecular complexity index is 462. The summed E-state index contributed by atoms with van der Waals surface area (Å²) in [6, 6.07) is 2.86. The first-order valence-corrected chi connectivity index (χ1v) is 8.64. The van der Waals surface area contributed by atoms with Gasteiger partial charge in [-0.3, -0.25) is 0 Å². The molecule has 1 aromatic heterocycles. The minimum Gasteiger partial charge on any atom is -0.370 e. The van der Waals surface area contributed by atoms with E-state index in [0.29, 0.717) is 12.1 Å². The molecular weight excluding hydrogens is 260 g/mol. The van der Waals surface area contributed by atoms with Crippen LogP contribution in [0.1, 0.15) is 64.5 Å². The molecule has 1 aromatic rings. The van der Waals surface area contributed by atoms with E-state index in [1.807, 2.05) is 0 Å². The van der Waals surface area contributed by atoms with Crippen LogP contribution >= 0.6 is 0 Å². The fourth-order valence-corrected chi connectivity index (χ4v) is 3.48. The molecule has 0 aromatic carbocycles. The monoisotopic (exact) mass is 290 g/mol. The fourth-order valence-electron chi connectivity index (χ4n) is 3.48. The van der Waals surface area contributed by atoms with Gasteiger partial charge in [0, 0.05) is 25.0 Å². The minimum atomic E-state index is 0.0693. The Hall–Kier alpha value is -0.800. The Morgan fingerprint density at radius 1 is 1.38 bits per heavy atom. The van der Waals surface area contributed by atoms with E-state index in [-0.39, 0.29) is 5.60 Å². The molecule has 1 aliphatic heterocycles. The smallest absolute Gasteiger partial charge is 0.0762 e. The van der Waals surface area contributed by atoms with Crippen molar-refractivity contribution in [2.45, 2.75) is 77.2 Å². The van der Waals surface area contributed by atoms with Crippen LogP contribution in [0.15, 0.2) is 18.5 Å². The molecule has 1 saturated heterocycles. The van der Waals surface area contributed by atoms with E-state index in [1.54, 1.807) is 0 Å². The molecule has 118 valence electrons. The van der Waals surface area contributed by atoms with E-state index in [2.05, 4.69) is 49.1 Å². The normalized spacial score (nSPS) is 26.1. The van der Waals surface area contributed by atoms with Crippen molar-refractivity contribution in [2.24, 2.45) is 5.92 Å². The van der Waals surface area contributed by atoms with Gasteiger partial charge in [0.2, 0.25) is 0 Å². The van der Waals surface area contributed by atoms with Gasteiger partial charge in [-0.25, -0.2) is 0 Å². The Balaban J connectivity index is 1.60. The SMILES string of the molecule is CCCNC(c1ccn(CC2CCC(C)(C)O2)c1)C1CC1. The lowest BCUT2D eigenvalue weighted by molar-refractivity contribution is -0.0216. The molecule has 1 N–H and O–H groups in total. The average molecular weight is 290 g/mol. The Labute approximate surface area is 129 Å². The van der Waals surface area contributed by atoms with Gasteiger partial charge in [-0.1, -0.05) is 6.92 Å². The second kappa shape index (κ2) is 6.13. The Morgan fingerprint density at radius 3 is 2.81 bits per heavy atom. The number of ether oxygens (including phenoxy) is 1. The second-order valence-electron chi connectivity index (χ2n) is 7.45. The van der Waals surface area contributed by atoms with Crippen molar-refractivity contribution in [3.63, 3.8) is 0 Å². The lowest BCUT2D eigenvalue weighted by Gasteiger charge is -2.20. The van der Waals surface area contributed by atoms with Crippen molar-refractivity contribution in [3.05, 3.63) is 24.0 Å². The van der Waals surface area contributed by atoms with E-state index in [4.69, 9.17) is 4.74 Å². The van der Waals surface area contributed by atoms with E-state index >= 15 is 0 Å². The van der Waals surface area contributed by atoms with Gasteiger partial charge in [0.15, 0.2) is 0 Å². The predicted molar refractivity (Wildman–Crippen MR) is 86.4 cm³/mol. The molecule has 1 aliphatic carbocycles. The van der Waals surface area contributed by atoms with Gasteiger partial charge in [-0.05, 0) is 70.0 Å². The molecule has 2 unspecified atom stereocenters. The van der Waals surface area contributed by atoms with Crippen LogP contribution in [0.25, 0.3) is 0 Å². The van der Waals surface area contributed by atoms with E-state index < -0.39 is 0 Å². The van der Waals surface area contributed by atoms with Gasteiger partial charge < -0.3 is 14.6 Å². The molecule has 2 atom stereocenters. The van der Waals surface area contributed by atoms with Crippen LogP contribution in [0, 0.1) is 5.92 Å². The van der Waals surface area contributed by atoms with Gasteiger partial charge in [-0.2, -0.15) is 0 Å². The minimum absolute atomic E-state index is 0.0693. The molecular formula is C18H30N2O. The highest BCUT2D eigenvalue weighted by Gasteiger charge is 2.33. The molecule has 3 heteroatoms. The molecule has 0 radical (unpaired) electrons. The first kappa shape index (κ1) is 15.1. The van der Waals surface area contributed by atoms with Crippen molar-refractivity contribution in [2.75, 3.05) is 6.54 Å². The van der Waals surface area contributed by atoms with Gasteiger partial charge >= 0.3 is 0 Å². The molecule has 3 rings (SSSR count). The van der Waals surface area contributed by atoms with Crippen molar-refractivity contribution < 1.29 is 4.74 Å². The summed E-state index contributed by atoms with van der Waals surface area (Å²) in [5.41, 5.74) is 1.53. The molecule has 3 nitrogen and oxygen atoms in total. The van der Waals surface area contributed by atoms with Crippen molar-refractivity contribution >= 4 is 0 Å². The Morgan fingerprint density at radius 2 is 2.19 bits per heavy atom. The molecule has 0 amide bonds. The van der Waals surface area contributed by atoms with Crippen LogP contribution in [-0.4, -0.2) is 22.8 Å². The van der Waals surface area contributed by atoms with Crippen molar-refractivity contribution in [3.8, 4) is 0 Å². The maximum absolute atomic E-state index is 6.11. The van der Waals surface area contributed by atoms with Crippen LogP contribution < -0.4 is 5.32 Å². The standard InChI is InChI=1S/C18H30N2O/c1-4-10-19-17(14-5-6-14)15-8-11-20(12-15)13-16-7-9-18(2,3)21-16/h8,11-12,14,16-17,19H,4-7,9-10,13H2,1-3H3. The first-order valence-electron chi connectivity index (χ1n) is 8.64. The molecule has 1 saturated carbocycles. The van der Waals surface area contributed by atoms with Gasteiger partial charge in [0.25, 0.3) is 0 Å². The van der Waals surface area contributed by atoms with Gasteiger partial charge in [0.05, 0.1) is 11.7 Å². The van der Waals surface area contributed by atoms with E-state index in [0.717, 1.165) is 19.0 Å². The van der Waals surface area contributed by atoms with Crippen molar-refractivity contribution in [1.29, 1.82) is 0 Å². The average Bonchev–Trinajstić information content (AvgIpc) is 3.07. The van der Waals surface area contributed by atoms with Crippen LogP contribution in [0.3, 0.4) is 0 Å². The Kier molecular flexibility index (Phi) is 4.41. The second-order valence-corrected chi connectivity index (χ2v) is 7.45. The molecule has 2 heterocycles. The molecule has 0 spiro atoms. The molecule has 2 aliphatic rings. The van der Waals surface area contributed by atoms with Gasteiger partial charge in [0.1, 0.15) is 0 Å². The van der Waals surface area contributed by atoms with Gasteiger partial charge in [-0.15, -0.1) is 0 Å². The lowest BCUT2D eigenvalue weighted by atomic mass is 10.1. The third-order valence-electron chi connectivity index (χ3n) is 4.81. The lowest BCUT2D eigenvalue weighted by Crippen LogP contribution is -2.24. The number of hydrogen-bond acceptors (Lipinski definition) is 2. The summed E-state index contributed by atoms with van der Waals surface area (Å²) >= 11 is 0. The highest BCUT2D eigenvalue weighted by molar-refractivity contribution is 5.18. The summed E-state index contributed by atoms with van der Waals surface area (Å²) in [6.07, 6.45) is 11.3. The third kappa shape index (κ3) is 3.89. The maximum atomic E-state index is 6.11. The number of nitrogens with one attached hydrogen (secondary N) is 1. The number of aromatic nitrogens is 1. The summed E-state index contributed by atoms with van der Waals surface area (Å²) in [7, 11) is 0. The number of hydrogen-bond donors (Lipinski definition) is 1. The summed E-state index contributed by atoms with van der Waals surface area (Å²) in [5, 5.41) is 3.72. The third-order valence-corrected chi connectivity index (χ3v) is 4.81. The molecule has 21 heavy (non-hydrogen) atoms. The van der Waals surface area contributed by atoms with Crippen LogP contribution in [0.2, 0.25) is 0 Å². The quantitative estimate of drug-likeness (QED) is 0.824. The topological polar surface area (TPSA) is 26.2 Å². The van der Waals surface area contributed by atoms with Crippen molar-refractivity contribution in [1.82, 2.24) is 9.88 Å². The molecule has 2 fully saturated rings. The van der Waals surface area contributed by atoms with Crippen LogP contribution in [-0.2, 0) is 11.3 Å².